The zero-order valence-corrected chi connectivity index (χ0v) is 17.2. The van der Waals surface area contributed by atoms with E-state index < -0.39 is 0 Å². The lowest BCUT2D eigenvalue weighted by molar-refractivity contribution is 0.233. The van der Waals surface area contributed by atoms with Crippen LogP contribution in [0.2, 0.25) is 0 Å². The SMILES string of the molecule is COc1ccc(C(c2ccc(OC)c(OC)c2OC)N2CCCNCC2)cc1. The Kier molecular flexibility index (Phi) is 7.01. The van der Waals surface area contributed by atoms with Crippen LogP contribution in [-0.2, 0) is 0 Å². The van der Waals surface area contributed by atoms with E-state index in [9.17, 15) is 0 Å². The van der Waals surface area contributed by atoms with E-state index in [1.165, 1.54) is 5.56 Å². The van der Waals surface area contributed by atoms with Crippen molar-refractivity contribution in [1.29, 1.82) is 0 Å². The average molecular weight is 386 g/mol. The smallest absolute Gasteiger partial charge is 0.203 e. The second-order valence-electron chi connectivity index (χ2n) is 6.74. The van der Waals surface area contributed by atoms with Crippen LogP contribution in [0.3, 0.4) is 0 Å². The summed E-state index contributed by atoms with van der Waals surface area (Å²) in [5, 5.41) is 3.49. The first-order valence-corrected chi connectivity index (χ1v) is 9.61. The van der Waals surface area contributed by atoms with E-state index in [1.54, 1.807) is 28.4 Å². The Balaban J connectivity index is 2.12. The van der Waals surface area contributed by atoms with Crippen molar-refractivity contribution >= 4 is 0 Å². The van der Waals surface area contributed by atoms with Gasteiger partial charge in [-0.05, 0) is 42.8 Å². The average Bonchev–Trinajstić information content (AvgIpc) is 3.03. The van der Waals surface area contributed by atoms with E-state index in [0.29, 0.717) is 17.2 Å². The van der Waals surface area contributed by atoms with Crippen LogP contribution in [-0.4, -0.2) is 59.5 Å². The van der Waals surface area contributed by atoms with Gasteiger partial charge < -0.3 is 24.3 Å². The van der Waals surface area contributed by atoms with Crippen LogP contribution in [0, 0.1) is 0 Å². The van der Waals surface area contributed by atoms with Gasteiger partial charge in [0.05, 0.1) is 34.5 Å². The molecule has 152 valence electrons. The van der Waals surface area contributed by atoms with E-state index in [1.807, 2.05) is 18.2 Å². The van der Waals surface area contributed by atoms with Gasteiger partial charge >= 0.3 is 0 Å². The highest BCUT2D eigenvalue weighted by atomic mass is 16.5. The molecule has 1 heterocycles. The first kappa shape index (κ1) is 20.3. The summed E-state index contributed by atoms with van der Waals surface area (Å²) in [7, 11) is 6.64. The van der Waals surface area contributed by atoms with Crippen molar-refractivity contribution in [3.05, 3.63) is 47.5 Å². The zero-order valence-electron chi connectivity index (χ0n) is 17.2. The maximum atomic E-state index is 5.81. The lowest BCUT2D eigenvalue weighted by atomic mass is 9.95. The second-order valence-corrected chi connectivity index (χ2v) is 6.74. The van der Waals surface area contributed by atoms with E-state index >= 15 is 0 Å². The fraction of sp³-hybridized carbons (Fsp3) is 0.455. The van der Waals surface area contributed by atoms with Crippen molar-refractivity contribution in [2.75, 3.05) is 54.6 Å². The van der Waals surface area contributed by atoms with Gasteiger partial charge in [-0.2, -0.15) is 0 Å². The van der Waals surface area contributed by atoms with Crippen LogP contribution < -0.4 is 24.3 Å². The largest absolute Gasteiger partial charge is 0.497 e. The van der Waals surface area contributed by atoms with Gasteiger partial charge in [0.1, 0.15) is 5.75 Å². The van der Waals surface area contributed by atoms with Gasteiger partial charge in [0, 0.05) is 25.2 Å². The molecule has 1 aliphatic heterocycles. The number of benzene rings is 2. The van der Waals surface area contributed by atoms with Gasteiger partial charge in [-0.1, -0.05) is 12.1 Å². The topological polar surface area (TPSA) is 52.2 Å². The molecule has 6 nitrogen and oxygen atoms in total. The van der Waals surface area contributed by atoms with Crippen molar-refractivity contribution in [1.82, 2.24) is 10.2 Å². The minimum absolute atomic E-state index is 0.0422. The van der Waals surface area contributed by atoms with Crippen LogP contribution in [0.1, 0.15) is 23.6 Å². The molecule has 2 aromatic carbocycles. The van der Waals surface area contributed by atoms with E-state index in [2.05, 4.69) is 28.4 Å². The molecule has 3 rings (SSSR count). The molecule has 0 radical (unpaired) electrons. The molecule has 1 saturated heterocycles. The quantitative estimate of drug-likeness (QED) is 0.789. The number of hydrogen-bond donors (Lipinski definition) is 1. The van der Waals surface area contributed by atoms with Crippen LogP contribution >= 0.6 is 0 Å². The third-order valence-corrected chi connectivity index (χ3v) is 5.20. The summed E-state index contributed by atoms with van der Waals surface area (Å²) in [5.74, 6) is 2.84. The highest BCUT2D eigenvalue weighted by Crippen LogP contribution is 2.45. The number of hydrogen-bond acceptors (Lipinski definition) is 6. The first-order chi connectivity index (χ1) is 13.7. The van der Waals surface area contributed by atoms with Gasteiger partial charge in [-0.25, -0.2) is 0 Å². The monoisotopic (exact) mass is 386 g/mol. The summed E-state index contributed by atoms with van der Waals surface area (Å²) >= 11 is 0. The van der Waals surface area contributed by atoms with Gasteiger partial charge in [0.25, 0.3) is 0 Å². The Morgan fingerprint density at radius 1 is 0.786 bits per heavy atom. The molecule has 1 atom stereocenters. The van der Waals surface area contributed by atoms with Gasteiger partial charge in [-0.15, -0.1) is 0 Å². The second kappa shape index (κ2) is 9.66. The molecule has 0 amide bonds. The Morgan fingerprint density at radius 2 is 1.54 bits per heavy atom. The normalized spacial score (nSPS) is 16.1. The van der Waals surface area contributed by atoms with E-state index in [-0.39, 0.29) is 6.04 Å². The Morgan fingerprint density at radius 3 is 2.18 bits per heavy atom. The van der Waals surface area contributed by atoms with Gasteiger partial charge in [-0.3, -0.25) is 4.90 Å². The van der Waals surface area contributed by atoms with Crippen LogP contribution in [0.5, 0.6) is 23.0 Å². The van der Waals surface area contributed by atoms with Crippen molar-refractivity contribution in [3.8, 4) is 23.0 Å². The molecule has 0 saturated carbocycles. The molecule has 1 aliphatic rings. The molecule has 1 fully saturated rings. The Labute approximate surface area is 167 Å². The lowest BCUT2D eigenvalue weighted by Crippen LogP contribution is -2.33. The van der Waals surface area contributed by atoms with Crippen molar-refractivity contribution in [2.24, 2.45) is 0 Å². The van der Waals surface area contributed by atoms with Crippen molar-refractivity contribution in [2.45, 2.75) is 12.5 Å². The fourth-order valence-corrected chi connectivity index (χ4v) is 3.84. The van der Waals surface area contributed by atoms with E-state index in [0.717, 1.165) is 43.9 Å². The fourth-order valence-electron chi connectivity index (χ4n) is 3.84. The Hall–Kier alpha value is -2.44. The number of ether oxygens (including phenoxy) is 4. The zero-order chi connectivity index (χ0) is 19.9. The number of rotatable bonds is 7. The summed E-state index contributed by atoms with van der Waals surface area (Å²) in [6, 6.07) is 12.3. The minimum Gasteiger partial charge on any atom is -0.497 e. The third kappa shape index (κ3) is 4.18. The lowest BCUT2D eigenvalue weighted by Gasteiger charge is -2.33. The molecule has 28 heavy (non-hydrogen) atoms. The molecule has 0 aromatic heterocycles. The molecule has 2 aromatic rings. The molecule has 0 bridgehead atoms. The number of nitrogens with zero attached hydrogens (tertiary/aromatic N) is 1. The van der Waals surface area contributed by atoms with E-state index in [4.69, 9.17) is 18.9 Å². The maximum absolute atomic E-state index is 5.81. The number of methoxy groups -OCH3 is 4. The first-order valence-electron chi connectivity index (χ1n) is 9.61. The van der Waals surface area contributed by atoms with Gasteiger partial charge in [0.2, 0.25) is 5.75 Å². The minimum atomic E-state index is 0.0422. The highest BCUT2D eigenvalue weighted by Gasteiger charge is 2.29. The predicted octanol–water partition coefficient (Wildman–Crippen LogP) is 3.11. The summed E-state index contributed by atoms with van der Waals surface area (Å²) in [4.78, 5) is 2.49. The summed E-state index contributed by atoms with van der Waals surface area (Å²) in [6.07, 6.45) is 1.10. The van der Waals surface area contributed by atoms with Crippen LogP contribution in [0.25, 0.3) is 0 Å². The molecular weight excluding hydrogens is 356 g/mol. The van der Waals surface area contributed by atoms with Crippen LogP contribution in [0.15, 0.2) is 36.4 Å². The maximum Gasteiger partial charge on any atom is 0.203 e. The van der Waals surface area contributed by atoms with Crippen molar-refractivity contribution < 1.29 is 18.9 Å². The molecule has 1 N–H and O–H groups in total. The summed E-state index contributed by atoms with van der Waals surface area (Å²) < 4.78 is 22.3. The molecule has 0 aliphatic carbocycles. The standard InChI is InChI=1S/C22H30N2O4/c1-25-17-8-6-16(7-9-17)20(24-14-5-12-23-13-15-24)18-10-11-19(26-2)22(28-4)21(18)27-3/h6-11,20,23H,5,12-15H2,1-4H3. The molecular formula is C22H30N2O4. The third-order valence-electron chi connectivity index (χ3n) is 5.20. The summed E-state index contributed by atoms with van der Waals surface area (Å²) in [5.41, 5.74) is 2.25. The molecule has 1 unspecified atom stereocenters. The van der Waals surface area contributed by atoms with Gasteiger partial charge in [0.15, 0.2) is 11.5 Å². The number of nitrogens with one attached hydrogen (secondary N) is 1. The molecule has 0 spiro atoms. The molecule has 6 heteroatoms. The van der Waals surface area contributed by atoms with Crippen LogP contribution in [0.4, 0.5) is 0 Å². The Bertz CT molecular complexity index is 756. The highest BCUT2D eigenvalue weighted by molar-refractivity contribution is 5.58. The van der Waals surface area contributed by atoms with Crippen molar-refractivity contribution in [3.63, 3.8) is 0 Å². The predicted molar refractivity (Wildman–Crippen MR) is 110 cm³/mol. The summed E-state index contributed by atoms with van der Waals surface area (Å²) in [6.45, 7) is 3.95.